The lowest BCUT2D eigenvalue weighted by Gasteiger charge is -2.11. The summed E-state index contributed by atoms with van der Waals surface area (Å²) < 4.78 is 18.7. The highest BCUT2D eigenvalue weighted by atomic mass is 79.9. The highest BCUT2D eigenvalue weighted by Crippen LogP contribution is 2.17. The first-order valence-corrected chi connectivity index (χ1v) is 5.60. The molecule has 0 amide bonds. The van der Waals surface area contributed by atoms with Crippen molar-refractivity contribution in [1.29, 1.82) is 0 Å². The van der Waals surface area contributed by atoms with E-state index in [1.54, 1.807) is 13.2 Å². The maximum Gasteiger partial charge on any atom is 0.124 e. The van der Waals surface area contributed by atoms with Gasteiger partial charge < -0.3 is 10.1 Å². The van der Waals surface area contributed by atoms with Gasteiger partial charge in [-0.05, 0) is 24.6 Å². The SMILES string of the molecule is COC(C)CNCc1ccc(F)cc1Br. The number of methoxy groups -OCH3 is 1. The lowest BCUT2D eigenvalue weighted by molar-refractivity contribution is 0.117. The number of rotatable bonds is 5. The molecular formula is C11H15BrFNO. The summed E-state index contributed by atoms with van der Waals surface area (Å²) in [5, 5.41) is 3.24. The smallest absolute Gasteiger partial charge is 0.124 e. The summed E-state index contributed by atoms with van der Waals surface area (Å²) in [6, 6.07) is 4.70. The summed E-state index contributed by atoms with van der Waals surface area (Å²) in [5.74, 6) is -0.226. The van der Waals surface area contributed by atoms with Crippen LogP contribution in [0.4, 0.5) is 4.39 Å². The monoisotopic (exact) mass is 275 g/mol. The first kappa shape index (κ1) is 12.6. The Morgan fingerprint density at radius 3 is 2.87 bits per heavy atom. The van der Waals surface area contributed by atoms with Gasteiger partial charge in [0.05, 0.1) is 6.10 Å². The molecule has 4 heteroatoms. The molecule has 0 fully saturated rings. The molecule has 15 heavy (non-hydrogen) atoms. The zero-order valence-corrected chi connectivity index (χ0v) is 10.5. The molecule has 0 saturated heterocycles. The normalized spacial score (nSPS) is 12.8. The van der Waals surface area contributed by atoms with Crippen molar-refractivity contribution in [3.05, 3.63) is 34.1 Å². The largest absolute Gasteiger partial charge is 0.380 e. The molecule has 1 unspecified atom stereocenters. The molecule has 0 aliphatic heterocycles. The van der Waals surface area contributed by atoms with Gasteiger partial charge in [0.1, 0.15) is 5.82 Å². The molecule has 0 bridgehead atoms. The third kappa shape index (κ3) is 4.28. The summed E-state index contributed by atoms with van der Waals surface area (Å²) in [6.07, 6.45) is 0.184. The van der Waals surface area contributed by atoms with Crippen molar-refractivity contribution in [2.75, 3.05) is 13.7 Å². The van der Waals surface area contributed by atoms with Crippen LogP contribution in [0.2, 0.25) is 0 Å². The number of halogens is 2. The number of hydrogen-bond acceptors (Lipinski definition) is 2. The van der Waals surface area contributed by atoms with Gasteiger partial charge in [-0.2, -0.15) is 0 Å². The lowest BCUT2D eigenvalue weighted by atomic mass is 10.2. The van der Waals surface area contributed by atoms with Gasteiger partial charge in [0, 0.05) is 24.7 Å². The van der Waals surface area contributed by atoms with Crippen molar-refractivity contribution in [3.63, 3.8) is 0 Å². The Balaban J connectivity index is 2.44. The summed E-state index contributed by atoms with van der Waals surface area (Å²) in [7, 11) is 1.68. The van der Waals surface area contributed by atoms with Gasteiger partial charge in [0.2, 0.25) is 0 Å². The Hall–Kier alpha value is -0.450. The van der Waals surface area contributed by atoms with Crippen molar-refractivity contribution in [3.8, 4) is 0 Å². The fourth-order valence-corrected chi connectivity index (χ4v) is 1.65. The van der Waals surface area contributed by atoms with Gasteiger partial charge >= 0.3 is 0 Å². The molecule has 1 aromatic rings. The van der Waals surface area contributed by atoms with Crippen LogP contribution in [0.5, 0.6) is 0 Å². The molecule has 1 aromatic carbocycles. The molecule has 0 aliphatic rings. The van der Waals surface area contributed by atoms with E-state index in [1.807, 2.05) is 6.92 Å². The standard InChI is InChI=1S/C11H15BrFNO/c1-8(15-2)6-14-7-9-3-4-10(13)5-11(9)12/h3-5,8,14H,6-7H2,1-2H3. The Morgan fingerprint density at radius 2 is 2.27 bits per heavy atom. The van der Waals surface area contributed by atoms with E-state index >= 15 is 0 Å². The third-order valence-corrected chi connectivity index (χ3v) is 2.90. The molecule has 1 N–H and O–H groups in total. The summed E-state index contributed by atoms with van der Waals surface area (Å²) >= 11 is 3.32. The van der Waals surface area contributed by atoms with Gasteiger partial charge in [-0.1, -0.05) is 22.0 Å². The van der Waals surface area contributed by atoms with E-state index in [9.17, 15) is 4.39 Å². The molecule has 0 spiro atoms. The number of benzene rings is 1. The molecule has 1 atom stereocenters. The fourth-order valence-electron chi connectivity index (χ4n) is 1.16. The van der Waals surface area contributed by atoms with Crippen molar-refractivity contribution < 1.29 is 9.13 Å². The van der Waals surface area contributed by atoms with E-state index in [2.05, 4.69) is 21.2 Å². The Morgan fingerprint density at radius 1 is 1.53 bits per heavy atom. The summed E-state index contributed by atoms with van der Waals surface area (Å²) in [5.41, 5.74) is 1.04. The maximum absolute atomic E-state index is 12.8. The van der Waals surface area contributed by atoms with E-state index in [1.165, 1.54) is 12.1 Å². The minimum absolute atomic E-state index is 0.184. The van der Waals surface area contributed by atoms with Crippen LogP contribution in [0.3, 0.4) is 0 Å². The van der Waals surface area contributed by atoms with E-state index in [-0.39, 0.29) is 11.9 Å². The second-order valence-electron chi connectivity index (χ2n) is 3.41. The van der Waals surface area contributed by atoms with Gasteiger partial charge in [0.25, 0.3) is 0 Å². The third-order valence-electron chi connectivity index (χ3n) is 2.16. The van der Waals surface area contributed by atoms with Crippen molar-refractivity contribution >= 4 is 15.9 Å². The van der Waals surface area contributed by atoms with Crippen LogP contribution in [-0.2, 0) is 11.3 Å². The number of hydrogen-bond donors (Lipinski definition) is 1. The van der Waals surface area contributed by atoms with Crippen LogP contribution in [0, 0.1) is 5.82 Å². The molecule has 0 radical (unpaired) electrons. The summed E-state index contributed by atoms with van der Waals surface area (Å²) in [6.45, 7) is 3.47. The predicted octanol–water partition coefficient (Wildman–Crippen LogP) is 2.71. The van der Waals surface area contributed by atoms with Crippen LogP contribution in [0.15, 0.2) is 22.7 Å². The van der Waals surface area contributed by atoms with Gasteiger partial charge in [0.15, 0.2) is 0 Å². The van der Waals surface area contributed by atoms with Crippen LogP contribution >= 0.6 is 15.9 Å². The highest BCUT2D eigenvalue weighted by Gasteiger charge is 2.02. The van der Waals surface area contributed by atoms with Crippen LogP contribution < -0.4 is 5.32 Å². The second-order valence-corrected chi connectivity index (χ2v) is 4.27. The quantitative estimate of drug-likeness (QED) is 0.892. The molecule has 0 heterocycles. The van der Waals surface area contributed by atoms with Gasteiger partial charge in [-0.25, -0.2) is 4.39 Å². The zero-order chi connectivity index (χ0) is 11.3. The van der Waals surface area contributed by atoms with E-state index < -0.39 is 0 Å². The average Bonchev–Trinajstić information content (AvgIpc) is 2.21. The molecule has 84 valence electrons. The van der Waals surface area contributed by atoms with Gasteiger partial charge in [-0.3, -0.25) is 0 Å². The fraction of sp³-hybridized carbons (Fsp3) is 0.455. The second kappa shape index (κ2) is 6.20. The molecular weight excluding hydrogens is 261 g/mol. The van der Waals surface area contributed by atoms with Crippen molar-refractivity contribution in [1.82, 2.24) is 5.32 Å². The Labute approximate surface area is 98.0 Å². The molecule has 0 saturated carbocycles. The number of nitrogens with one attached hydrogen (secondary N) is 1. The zero-order valence-electron chi connectivity index (χ0n) is 8.89. The topological polar surface area (TPSA) is 21.3 Å². The van der Waals surface area contributed by atoms with Crippen LogP contribution in [0.1, 0.15) is 12.5 Å². The van der Waals surface area contributed by atoms with E-state index in [4.69, 9.17) is 4.74 Å². The minimum Gasteiger partial charge on any atom is -0.380 e. The first-order chi connectivity index (χ1) is 7.13. The maximum atomic E-state index is 12.8. The Bertz CT molecular complexity index is 319. The first-order valence-electron chi connectivity index (χ1n) is 4.81. The molecule has 1 rings (SSSR count). The van der Waals surface area contributed by atoms with E-state index in [0.717, 1.165) is 16.6 Å². The average molecular weight is 276 g/mol. The number of ether oxygens (including phenoxy) is 1. The minimum atomic E-state index is -0.226. The molecule has 2 nitrogen and oxygen atoms in total. The molecule has 0 aromatic heterocycles. The van der Waals surface area contributed by atoms with E-state index in [0.29, 0.717) is 6.54 Å². The molecule has 0 aliphatic carbocycles. The van der Waals surface area contributed by atoms with Crippen molar-refractivity contribution in [2.45, 2.75) is 19.6 Å². The van der Waals surface area contributed by atoms with Crippen LogP contribution in [-0.4, -0.2) is 19.8 Å². The highest BCUT2D eigenvalue weighted by molar-refractivity contribution is 9.10. The van der Waals surface area contributed by atoms with Crippen molar-refractivity contribution in [2.24, 2.45) is 0 Å². The summed E-state index contributed by atoms with van der Waals surface area (Å²) in [4.78, 5) is 0. The van der Waals surface area contributed by atoms with Gasteiger partial charge in [-0.15, -0.1) is 0 Å². The Kier molecular flexibility index (Phi) is 5.22. The van der Waals surface area contributed by atoms with Crippen LogP contribution in [0.25, 0.3) is 0 Å². The predicted molar refractivity (Wildman–Crippen MR) is 62.3 cm³/mol. The lowest BCUT2D eigenvalue weighted by Crippen LogP contribution is -2.25.